The van der Waals surface area contributed by atoms with Gasteiger partial charge in [0.2, 0.25) is 0 Å². The molecule has 0 aliphatic heterocycles. The summed E-state index contributed by atoms with van der Waals surface area (Å²) in [6, 6.07) is 3.38. The molecule has 1 rings (SSSR count). The van der Waals surface area contributed by atoms with Crippen molar-refractivity contribution in [2.75, 3.05) is 18.5 Å². The van der Waals surface area contributed by atoms with E-state index in [1.54, 1.807) is 18.3 Å². The van der Waals surface area contributed by atoms with Gasteiger partial charge in [0.15, 0.2) is 0 Å². The first-order valence-electron chi connectivity index (χ1n) is 3.86. The molecule has 0 bridgehead atoms. The maximum atomic E-state index is 9.03. The van der Waals surface area contributed by atoms with Crippen LogP contribution < -0.4 is 5.32 Å². The zero-order valence-corrected chi connectivity index (χ0v) is 7.70. The summed E-state index contributed by atoms with van der Waals surface area (Å²) < 4.78 is 0. The van der Waals surface area contributed by atoms with Crippen LogP contribution in [0.2, 0.25) is 5.15 Å². The van der Waals surface area contributed by atoms with Gasteiger partial charge in [-0.15, -0.1) is 0 Å². The van der Waals surface area contributed by atoms with Gasteiger partial charge in [-0.2, -0.15) is 0 Å². The van der Waals surface area contributed by atoms with E-state index in [-0.39, 0.29) is 13.2 Å². The van der Waals surface area contributed by atoms with Crippen LogP contribution in [0.15, 0.2) is 18.3 Å². The summed E-state index contributed by atoms with van der Waals surface area (Å²) in [6.45, 7) is 0.0304. The average molecular weight is 203 g/mol. The van der Waals surface area contributed by atoms with E-state index >= 15 is 0 Å². The first-order chi connectivity index (χ1) is 6.22. The van der Waals surface area contributed by atoms with Crippen LogP contribution in [-0.4, -0.2) is 34.5 Å². The number of pyridine rings is 1. The van der Waals surface area contributed by atoms with Crippen LogP contribution in [0, 0.1) is 0 Å². The summed E-state index contributed by atoms with van der Waals surface area (Å²) in [4.78, 5) is 3.80. The van der Waals surface area contributed by atoms with Crippen molar-refractivity contribution in [2.24, 2.45) is 0 Å². The Balaban J connectivity index is 2.45. The van der Waals surface area contributed by atoms with Crippen molar-refractivity contribution in [3.05, 3.63) is 23.5 Å². The summed E-state index contributed by atoms with van der Waals surface area (Å²) in [5.74, 6) is 0. The van der Waals surface area contributed by atoms with Crippen LogP contribution in [0.4, 0.5) is 5.69 Å². The van der Waals surface area contributed by atoms with E-state index in [0.717, 1.165) is 5.69 Å². The van der Waals surface area contributed by atoms with Crippen molar-refractivity contribution in [1.29, 1.82) is 0 Å². The molecule has 0 aliphatic carbocycles. The highest BCUT2D eigenvalue weighted by molar-refractivity contribution is 6.29. The molecule has 0 amide bonds. The third kappa shape index (κ3) is 3.59. The number of nitrogens with one attached hydrogen (secondary N) is 1. The lowest BCUT2D eigenvalue weighted by Gasteiger charge is -2.09. The van der Waals surface area contributed by atoms with Crippen molar-refractivity contribution in [3.8, 4) is 0 Å². The van der Waals surface area contributed by atoms with Crippen molar-refractivity contribution in [2.45, 2.75) is 6.10 Å². The maximum absolute atomic E-state index is 9.03. The second-order valence-corrected chi connectivity index (χ2v) is 2.97. The largest absolute Gasteiger partial charge is 0.394 e. The topological polar surface area (TPSA) is 65.4 Å². The molecule has 1 aromatic heterocycles. The van der Waals surface area contributed by atoms with E-state index in [9.17, 15) is 0 Å². The van der Waals surface area contributed by atoms with Gasteiger partial charge in [0.1, 0.15) is 5.15 Å². The molecule has 13 heavy (non-hydrogen) atoms. The Hall–Kier alpha value is -0.840. The molecule has 0 spiro atoms. The second-order valence-electron chi connectivity index (χ2n) is 2.58. The Morgan fingerprint density at radius 1 is 1.62 bits per heavy atom. The van der Waals surface area contributed by atoms with Crippen LogP contribution >= 0.6 is 11.6 Å². The van der Waals surface area contributed by atoms with Gasteiger partial charge in [0, 0.05) is 18.4 Å². The van der Waals surface area contributed by atoms with E-state index < -0.39 is 6.10 Å². The molecule has 0 fully saturated rings. The van der Waals surface area contributed by atoms with Gasteiger partial charge in [0.05, 0.1) is 12.7 Å². The monoisotopic (exact) mass is 202 g/mol. The number of halogens is 1. The molecule has 1 atom stereocenters. The Labute approximate surface area is 81.2 Å². The van der Waals surface area contributed by atoms with Crippen molar-refractivity contribution in [1.82, 2.24) is 4.98 Å². The van der Waals surface area contributed by atoms with Crippen molar-refractivity contribution < 1.29 is 10.2 Å². The van der Waals surface area contributed by atoms with Gasteiger partial charge in [-0.3, -0.25) is 0 Å². The highest BCUT2D eigenvalue weighted by atomic mass is 35.5. The number of aliphatic hydroxyl groups excluding tert-OH is 2. The quantitative estimate of drug-likeness (QED) is 0.623. The van der Waals surface area contributed by atoms with E-state index in [1.807, 2.05) is 0 Å². The normalized spacial score (nSPS) is 12.5. The summed E-state index contributed by atoms with van der Waals surface area (Å²) in [6.07, 6.45) is 0.808. The Kier molecular flexibility index (Phi) is 3.95. The van der Waals surface area contributed by atoms with Gasteiger partial charge in [-0.05, 0) is 12.1 Å². The number of hydrogen-bond donors (Lipinski definition) is 3. The van der Waals surface area contributed by atoms with Gasteiger partial charge in [-0.25, -0.2) is 4.98 Å². The summed E-state index contributed by atoms with van der Waals surface area (Å²) in [5.41, 5.74) is 0.771. The minimum absolute atomic E-state index is 0.258. The lowest BCUT2D eigenvalue weighted by Crippen LogP contribution is -2.22. The number of nitrogens with zero attached hydrogens (tertiary/aromatic N) is 1. The van der Waals surface area contributed by atoms with Crippen LogP contribution in [-0.2, 0) is 0 Å². The molecule has 0 aliphatic rings. The van der Waals surface area contributed by atoms with Gasteiger partial charge >= 0.3 is 0 Å². The predicted octanol–water partition coefficient (Wildman–Crippen LogP) is 0.500. The molecule has 0 saturated carbocycles. The van der Waals surface area contributed by atoms with Crippen molar-refractivity contribution >= 4 is 17.3 Å². The molecule has 5 heteroatoms. The minimum Gasteiger partial charge on any atom is -0.394 e. The third-order valence-corrected chi connectivity index (χ3v) is 1.69. The first kappa shape index (κ1) is 10.2. The molecule has 1 aromatic rings. The average Bonchev–Trinajstić information content (AvgIpc) is 2.14. The van der Waals surface area contributed by atoms with Gasteiger partial charge in [-0.1, -0.05) is 11.6 Å². The maximum Gasteiger partial charge on any atom is 0.131 e. The molecular weight excluding hydrogens is 192 g/mol. The van der Waals surface area contributed by atoms with Crippen LogP contribution in [0.25, 0.3) is 0 Å². The van der Waals surface area contributed by atoms with Gasteiger partial charge < -0.3 is 15.5 Å². The third-order valence-electron chi connectivity index (χ3n) is 1.48. The lowest BCUT2D eigenvalue weighted by atomic mass is 10.3. The summed E-state index contributed by atoms with van der Waals surface area (Å²) >= 11 is 5.63. The fourth-order valence-corrected chi connectivity index (χ4v) is 0.987. The zero-order chi connectivity index (χ0) is 9.68. The molecule has 1 heterocycles. The number of aromatic nitrogens is 1. The second kappa shape index (κ2) is 5.01. The smallest absolute Gasteiger partial charge is 0.131 e. The number of anilines is 1. The van der Waals surface area contributed by atoms with E-state index in [1.165, 1.54) is 0 Å². The predicted molar refractivity (Wildman–Crippen MR) is 50.8 cm³/mol. The van der Waals surface area contributed by atoms with E-state index in [4.69, 9.17) is 21.8 Å². The van der Waals surface area contributed by atoms with Crippen LogP contribution in [0.5, 0.6) is 0 Å². The SMILES string of the molecule is OCC(O)CNc1ccnc(Cl)c1. The summed E-state index contributed by atoms with van der Waals surface area (Å²) in [7, 11) is 0. The number of rotatable bonds is 4. The molecule has 3 N–H and O–H groups in total. The molecule has 0 aromatic carbocycles. The Morgan fingerprint density at radius 3 is 3.00 bits per heavy atom. The molecule has 72 valence electrons. The first-order valence-corrected chi connectivity index (χ1v) is 4.24. The highest BCUT2D eigenvalue weighted by Gasteiger charge is 2.01. The molecule has 1 unspecified atom stereocenters. The molecule has 4 nitrogen and oxygen atoms in total. The lowest BCUT2D eigenvalue weighted by molar-refractivity contribution is 0.105. The zero-order valence-electron chi connectivity index (χ0n) is 6.94. The van der Waals surface area contributed by atoms with E-state index in [0.29, 0.717) is 5.15 Å². The fourth-order valence-electron chi connectivity index (χ4n) is 0.813. The van der Waals surface area contributed by atoms with Gasteiger partial charge in [0.25, 0.3) is 0 Å². The van der Waals surface area contributed by atoms with Crippen LogP contribution in [0.3, 0.4) is 0 Å². The molecule has 0 radical (unpaired) electrons. The molecular formula is C8H11ClN2O2. The highest BCUT2D eigenvalue weighted by Crippen LogP contribution is 2.11. The van der Waals surface area contributed by atoms with E-state index in [2.05, 4.69) is 10.3 Å². The fraction of sp³-hybridized carbons (Fsp3) is 0.375. The standard InChI is InChI=1S/C8H11ClN2O2/c9-8-3-6(1-2-10-8)11-4-7(13)5-12/h1-3,7,12-13H,4-5H2,(H,10,11). The number of aliphatic hydroxyl groups is 2. The Morgan fingerprint density at radius 2 is 2.38 bits per heavy atom. The van der Waals surface area contributed by atoms with Crippen LogP contribution in [0.1, 0.15) is 0 Å². The molecule has 0 saturated heterocycles. The van der Waals surface area contributed by atoms with Crippen molar-refractivity contribution in [3.63, 3.8) is 0 Å². The summed E-state index contributed by atoms with van der Waals surface area (Å²) in [5, 5.41) is 20.9. The minimum atomic E-state index is -0.757. The Bertz CT molecular complexity index is 270. The number of hydrogen-bond acceptors (Lipinski definition) is 4.